The molecule has 0 radical (unpaired) electrons. The van der Waals surface area contributed by atoms with E-state index in [-0.39, 0.29) is 6.10 Å². The minimum Gasteiger partial charge on any atom is -0.374 e. The van der Waals surface area contributed by atoms with E-state index in [1.807, 2.05) is 23.1 Å². The van der Waals surface area contributed by atoms with Gasteiger partial charge < -0.3 is 10.5 Å². The molecule has 0 bridgehead atoms. The number of benzene rings is 1. The van der Waals surface area contributed by atoms with E-state index in [4.69, 9.17) is 10.5 Å². The van der Waals surface area contributed by atoms with Crippen LogP contribution < -0.4 is 5.73 Å². The summed E-state index contributed by atoms with van der Waals surface area (Å²) in [6.45, 7) is 4.99. The zero-order valence-corrected chi connectivity index (χ0v) is 12.2. The summed E-state index contributed by atoms with van der Waals surface area (Å²) in [5, 5.41) is 4.29. The predicted molar refractivity (Wildman–Crippen MR) is 81.8 cm³/mol. The maximum atomic E-state index is 5.72. The molecule has 3 rings (SSSR count). The van der Waals surface area contributed by atoms with Crippen LogP contribution in [0.5, 0.6) is 0 Å². The van der Waals surface area contributed by atoms with E-state index in [0.717, 1.165) is 32.8 Å². The third kappa shape index (κ3) is 3.69. The summed E-state index contributed by atoms with van der Waals surface area (Å²) in [5.74, 6) is 0. The molecule has 0 spiro atoms. The Labute approximate surface area is 125 Å². The molecule has 0 aliphatic carbocycles. The molecule has 0 unspecified atom stereocenters. The average molecular weight is 286 g/mol. The smallest absolute Gasteiger partial charge is 0.0824 e. The molecular formula is C16H22N4O. The highest BCUT2D eigenvalue weighted by Crippen LogP contribution is 2.15. The van der Waals surface area contributed by atoms with Crippen molar-refractivity contribution in [3.63, 3.8) is 0 Å². The normalized spacial score (nSPS) is 19.8. The van der Waals surface area contributed by atoms with E-state index in [1.54, 1.807) is 0 Å². The summed E-state index contributed by atoms with van der Waals surface area (Å²) < 4.78 is 7.59. The summed E-state index contributed by atoms with van der Waals surface area (Å²) in [4.78, 5) is 2.42. The zero-order valence-electron chi connectivity index (χ0n) is 12.2. The second-order valence-corrected chi connectivity index (χ2v) is 5.44. The fourth-order valence-electron chi connectivity index (χ4n) is 2.74. The number of hydrogen-bond donors (Lipinski definition) is 1. The number of hydrogen-bond acceptors (Lipinski definition) is 4. The van der Waals surface area contributed by atoms with Crippen molar-refractivity contribution in [3.05, 3.63) is 53.9 Å². The molecule has 5 heteroatoms. The third-order valence-electron chi connectivity index (χ3n) is 3.89. The first-order valence-electron chi connectivity index (χ1n) is 7.43. The Kier molecular flexibility index (Phi) is 4.65. The van der Waals surface area contributed by atoms with E-state index in [9.17, 15) is 0 Å². The van der Waals surface area contributed by atoms with Gasteiger partial charge in [-0.15, -0.1) is 0 Å². The lowest BCUT2D eigenvalue weighted by molar-refractivity contribution is -0.0261. The largest absolute Gasteiger partial charge is 0.374 e. The van der Waals surface area contributed by atoms with Gasteiger partial charge in [-0.1, -0.05) is 24.3 Å². The highest BCUT2D eigenvalue weighted by molar-refractivity contribution is 5.27. The molecule has 112 valence electrons. The SMILES string of the molecule is NC[C@H]1CN(Cc2ccccc2Cn2cccn2)CCO1. The molecule has 2 aromatic rings. The minimum absolute atomic E-state index is 0.164. The molecule has 1 atom stereocenters. The Balaban J connectivity index is 1.70. The van der Waals surface area contributed by atoms with Crippen molar-refractivity contribution in [2.75, 3.05) is 26.2 Å². The van der Waals surface area contributed by atoms with Crippen LogP contribution in [0.25, 0.3) is 0 Å². The Bertz CT molecular complexity index is 555. The van der Waals surface area contributed by atoms with Gasteiger partial charge >= 0.3 is 0 Å². The van der Waals surface area contributed by atoms with E-state index >= 15 is 0 Å². The molecule has 0 saturated carbocycles. The summed E-state index contributed by atoms with van der Waals surface area (Å²) in [6, 6.07) is 10.5. The van der Waals surface area contributed by atoms with Gasteiger partial charge in [0.25, 0.3) is 0 Å². The molecule has 1 aromatic carbocycles. The van der Waals surface area contributed by atoms with Crippen LogP contribution in [0, 0.1) is 0 Å². The van der Waals surface area contributed by atoms with Crippen LogP contribution in [0.2, 0.25) is 0 Å². The highest BCUT2D eigenvalue weighted by Gasteiger charge is 2.19. The van der Waals surface area contributed by atoms with E-state index in [2.05, 4.69) is 34.3 Å². The van der Waals surface area contributed by atoms with Gasteiger partial charge in [-0.05, 0) is 17.2 Å². The van der Waals surface area contributed by atoms with Crippen LogP contribution in [0.1, 0.15) is 11.1 Å². The van der Waals surface area contributed by atoms with Crippen LogP contribution in [0.3, 0.4) is 0 Å². The van der Waals surface area contributed by atoms with Crippen molar-refractivity contribution in [1.82, 2.24) is 14.7 Å². The van der Waals surface area contributed by atoms with Crippen molar-refractivity contribution < 1.29 is 4.74 Å². The summed E-state index contributed by atoms with van der Waals surface area (Å²) in [5.41, 5.74) is 8.38. The van der Waals surface area contributed by atoms with Gasteiger partial charge in [0.2, 0.25) is 0 Å². The highest BCUT2D eigenvalue weighted by atomic mass is 16.5. The molecule has 21 heavy (non-hydrogen) atoms. The average Bonchev–Trinajstić information content (AvgIpc) is 3.02. The van der Waals surface area contributed by atoms with E-state index < -0.39 is 0 Å². The van der Waals surface area contributed by atoms with Crippen molar-refractivity contribution in [2.45, 2.75) is 19.2 Å². The number of morpholine rings is 1. The lowest BCUT2D eigenvalue weighted by Gasteiger charge is -2.32. The summed E-state index contributed by atoms with van der Waals surface area (Å²) in [7, 11) is 0. The first-order valence-corrected chi connectivity index (χ1v) is 7.43. The number of aromatic nitrogens is 2. The summed E-state index contributed by atoms with van der Waals surface area (Å²) in [6.07, 6.45) is 3.98. The number of nitrogens with two attached hydrogens (primary N) is 1. The molecule has 1 aliphatic rings. The minimum atomic E-state index is 0.164. The van der Waals surface area contributed by atoms with Crippen LogP contribution in [0.15, 0.2) is 42.7 Å². The molecule has 1 saturated heterocycles. The van der Waals surface area contributed by atoms with Gasteiger partial charge in [0.15, 0.2) is 0 Å². The standard InChI is InChI=1S/C16H22N4O/c17-10-16-13-19(8-9-21-16)11-14-4-1-2-5-15(14)12-20-7-3-6-18-20/h1-7,16H,8-13,17H2/t16-/m0/s1. The fourth-order valence-corrected chi connectivity index (χ4v) is 2.74. The number of nitrogens with zero attached hydrogens (tertiary/aromatic N) is 3. The van der Waals surface area contributed by atoms with Gasteiger partial charge in [-0.25, -0.2) is 0 Å². The van der Waals surface area contributed by atoms with Gasteiger partial charge in [0.1, 0.15) is 0 Å². The zero-order chi connectivity index (χ0) is 14.5. The molecule has 1 fully saturated rings. The fraction of sp³-hybridized carbons (Fsp3) is 0.438. The Morgan fingerprint density at radius 3 is 2.71 bits per heavy atom. The van der Waals surface area contributed by atoms with Crippen molar-refractivity contribution in [3.8, 4) is 0 Å². The number of ether oxygens (including phenoxy) is 1. The maximum Gasteiger partial charge on any atom is 0.0824 e. The molecule has 1 aromatic heterocycles. The topological polar surface area (TPSA) is 56.3 Å². The third-order valence-corrected chi connectivity index (χ3v) is 3.89. The van der Waals surface area contributed by atoms with Crippen molar-refractivity contribution >= 4 is 0 Å². The molecular weight excluding hydrogens is 264 g/mol. The van der Waals surface area contributed by atoms with Crippen LogP contribution in [-0.2, 0) is 17.8 Å². The predicted octanol–water partition coefficient (Wildman–Crippen LogP) is 1.09. The van der Waals surface area contributed by atoms with Gasteiger partial charge in [-0.2, -0.15) is 5.10 Å². The van der Waals surface area contributed by atoms with Crippen LogP contribution in [0.4, 0.5) is 0 Å². The monoisotopic (exact) mass is 286 g/mol. The second-order valence-electron chi connectivity index (χ2n) is 5.44. The lowest BCUT2D eigenvalue weighted by atomic mass is 10.1. The molecule has 0 amide bonds. The quantitative estimate of drug-likeness (QED) is 0.894. The lowest BCUT2D eigenvalue weighted by Crippen LogP contribution is -2.45. The Hall–Kier alpha value is -1.69. The Morgan fingerprint density at radius 2 is 2.00 bits per heavy atom. The van der Waals surface area contributed by atoms with Gasteiger partial charge in [0.05, 0.1) is 19.3 Å². The summed E-state index contributed by atoms with van der Waals surface area (Å²) >= 11 is 0. The van der Waals surface area contributed by atoms with Gasteiger partial charge in [0, 0.05) is 38.6 Å². The van der Waals surface area contributed by atoms with Crippen LogP contribution >= 0.6 is 0 Å². The first kappa shape index (κ1) is 14.3. The molecule has 2 N–H and O–H groups in total. The van der Waals surface area contributed by atoms with Crippen molar-refractivity contribution in [2.24, 2.45) is 5.73 Å². The van der Waals surface area contributed by atoms with E-state index in [1.165, 1.54) is 11.1 Å². The molecule has 5 nitrogen and oxygen atoms in total. The first-order chi connectivity index (χ1) is 10.3. The van der Waals surface area contributed by atoms with Crippen molar-refractivity contribution in [1.29, 1.82) is 0 Å². The maximum absolute atomic E-state index is 5.72. The Morgan fingerprint density at radius 1 is 1.19 bits per heavy atom. The molecule has 1 aliphatic heterocycles. The van der Waals surface area contributed by atoms with Crippen LogP contribution in [-0.4, -0.2) is 47.0 Å². The number of rotatable bonds is 5. The second kappa shape index (κ2) is 6.85. The van der Waals surface area contributed by atoms with E-state index in [0.29, 0.717) is 6.54 Å². The van der Waals surface area contributed by atoms with Gasteiger partial charge in [-0.3, -0.25) is 9.58 Å². The molecule has 2 heterocycles.